The number of H-pyrrole nitrogens is 2. The van der Waals surface area contributed by atoms with Gasteiger partial charge in [-0.2, -0.15) is 0 Å². The Morgan fingerprint density at radius 2 is 1.75 bits per heavy atom. The first kappa shape index (κ1) is 12.5. The summed E-state index contributed by atoms with van der Waals surface area (Å²) in [6.45, 7) is 0. The minimum absolute atomic E-state index is 0. The maximum Gasteiger partial charge on any atom is 0.323 e. The Morgan fingerprint density at radius 1 is 1.06 bits per heavy atom. The number of hydrogen-bond donors (Lipinski definition) is 2. The molecule has 2 aromatic heterocycles. The zero-order valence-corrected chi connectivity index (χ0v) is 9.56. The van der Waals surface area contributed by atoms with Gasteiger partial charge in [0.05, 0.1) is 16.6 Å². The van der Waals surface area contributed by atoms with E-state index in [0.29, 0.717) is 0 Å². The largest absolute Gasteiger partial charge is 0.323 e. The number of benzene rings is 1. The highest BCUT2D eigenvalue weighted by Crippen LogP contribution is 2.15. The van der Waals surface area contributed by atoms with E-state index in [2.05, 4.69) is 19.9 Å². The van der Waals surface area contributed by atoms with E-state index < -0.39 is 0 Å². The average Bonchev–Trinajstić information content (AvgIpc) is 2.53. The minimum atomic E-state index is -0.205. The molecule has 2 N–H and O–H groups in total. The van der Waals surface area contributed by atoms with E-state index >= 15 is 0 Å². The van der Waals surface area contributed by atoms with Crippen molar-refractivity contribution in [2.75, 3.05) is 0 Å². The number of imidazole rings is 1. The molecule has 0 saturated heterocycles. The lowest BCUT2D eigenvalue weighted by atomic mass is 10.2. The van der Waals surface area contributed by atoms with Crippen molar-refractivity contribution in [3.8, 4) is 0 Å². The molecule has 0 bridgehead atoms. The summed E-state index contributed by atoms with van der Waals surface area (Å²) in [5.74, 6) is 0. The molecule has 5 nitrogen and oxygen atoms in total. The van der Waals surface area contributed by atoms with Gasteiger partial charge in [0.1, 0.15) is 6.33 Å². The van der Waals surface area contributed by atoms with Crippen molar-refractivity contribution in [2.45, 2.75) is 0 Å². The predicted molar refractivity (Wildman–Crippen MR) is 66.5 cm³/mol. The summed E-state index contributed by atoms with van der Waals surface area (Å²) in [6, 6.07) is 3.67. The lowest BCUT2D eigenvalue weighted by molar-refractivity contribution is 1.21. The molecule has 0 aliphatic carbocycles. The van der Waals surface area contributed by atoms with E-state index in [0.717, 1.165) is 21.9 Å². The number of rotatable bonds is 0. The standard InChI is InChI=1S/C9H6N4O.2ClH/c14-9-12-7-1-5-3-10-4-11-6(5)2-8(7)13-9;;/h1-4H,(H2,12,13,14);2*1H. The summed E-state index contributed by atoms with van der Waals surface area (Å²) in [5, 5.41) is 0.912. The minimum Gasteiger partial charge on any atom is -0.306 e. The fourth-order valence-corrected chi connectivity index (χ4v) is 1.51. The highest BCUT2D eigenvalue weighted by molar-refractivity contribution is 5.92. The van der Waals surface area contributed by atoms with Crippen molar-refractivity contribution in [1.82, 2.24) is 19.9 Å². The van der Waals surface area contributed by atoms with Crippen molar-refractivity contribution < 1.29 is 0 Å². The maximum absolute atomic E-state index is 11.0. The van der Waals surface area contributed by atoms with Crippen molar-refractivity contribution in [3.05, 3.63) is 35.1 Å². The van der Waals surface area contributed by atoms with Crippen molar-refractivity contribution in [3.63, 3.8) is 0 Å². The van der Waals surface area contributed by atoms with E-state index in [-0.39, 0.29) is 30.5 Å². The van der Waals surface area contributed by atoms with Gasteiger partial charge in [-0.15, -0.1) is 24.8 Å². The molecule has 1 aromatic carbocycles. The molecule has 16 heavy (non-hydrogen) atoms. The Morgan fingerprint density at radius 3 is 2.50 bits per heavy atom. The second-order valence-corrected chi connectivity index (χ2v) is 3.06. The third-order valence-electron chi connectivity index (χ3n) is 2.14. The summed E-state index contributed by atoms with van der Waals surface area (Å²) in [7, 11) is 0. The van der Waals surface area contributed by atoms with Gasteiger partial charge in [-0.25, -0.2) is 14.8 Å². The van der Waals surface area contributed by atoms with Crippen LogP contribution in [0.5, 0.6) is 0 Å². The normalized spacial score (nSPS) is 9.75. The molecule has 3 aromatic rings. The van der Waals surface area contributed by atoms with E-state index in [9.17, 15) is 4.79 Å². The van der Waals surface area contributed by atoms with E-state index in [1.54, 1.807) is 6.20 Å². The number of nitrogens with zero attached hydrogens (tertiary/aromatic N) is 2. The zero-order chi connectivity index (χ0) is 9.54. The van der Waals surface area contributed by atoms with Crippen LogP contribution < -0.4 is 5.69 Å². The number of aromatic amines is 2. The van der Waals surface area contributed by atoms with Crippen LogP contribution in [0.25, 0.3) is 21.9 Å². The molecule has 3 rings (SSSR count). The van der Waals surface area contributed by atoms with Crippen LogP contribution in [-0.2, 0) is 0 Å². The first-order valence-corrected chi connectivity index (χ1v) is 4.15. The molecular weight excluding hydrogens is 251 g/mol. The number of fused-ring (bicyclic) bond motifs is 2. The third-order valence-corrected chi connectivity index (χ3v) is 2.14. The first-order chi connectivity index (χ1) is 6.83. The van der Waals surface area contributed by atoms with Gasteiger partial charge in [0.25, 0.3) is 0 Å². The van der Waals surface area contributed by atoms with Crippen LogP contribution >= 0.6 is 24.8 Å². The zero-order valence-electron chi connectivity index (χ0n) is 7.93. The Labute approximate surface area is 102 Å². The van der Waals surface area contributed by atoms with Gasteiger partial charge in [0.2, 0.25) is 0 Å². The van der Waals surface area contributed by atoms with Crippen molar-refractivity contribution >= 4 is 46.8 Å². The number of aromatic nitrogens is 4. The molecule has 0 saturated carbocycles. The molecule has 0 radical (unpaired) electrons. The van der Waals surface area contributed by atoms with Crippen molar-refractivity contribution in [2.24, 2.45) is 0 Å². The van der Waals surface area contributed by atoms with Gasteiger partial charge < -0.3 is 9.97 Å². The van der Waals surface area contributed by atoms with E-state index in [4.69, 9.17) is 0 Å². The maximum atomic E-state index is 11.0. The molecule has 0 aliphatic rings. The SMILES string of the molecule is Cl.Cl.O=c1[nH]c2cc3cncnc3cc2[nH]1. The van der Waals surface area contributed by atoms with Gasteiger partial charge in [-0.1, -0.05) is 0 Å². The predicted octanol–water partition coefficient (Wildman–Crippen LogP) is 1.64. The smallest absolute Gasteiger partial charge is 0.306 e. The van der Waals surface area contributed by atoms with Gasteiger partial charge in [0.15, 0.2) is 0 Å². The van der Waals surface area contributed by atoms with E-state index in [1.165, 1.54) is 6.33 Å². The summed E-state index contributed by atoms with van der Waals surface area (Å²) < 4.78 is 0. The third kappa shape index (κ3) is 1.87. The van der Waals surface area contributed by atoms with Crippen LogP contribution in [0, 0.1) is 0 Å². The fourth-order valence-electron chi connectivity index (χ4n) is 1.51. The monoisotopic (exact) mass is 258 g/mol. The molecule has 0 amide bonds. The Balaban J connectivity index is 0.000000640. The fraction of sp³-hybridized carbons (Fsp3) is 0. The second kappa shape index (κ2) is 4.51. The molecule has 0 spiro atoms. The van der Waals surface area contributed by atoms with Crippen LogP contribution in [0.15, 0.2) is 29.5 Å². The summed E-state index contributed by atoms with van der Waals surface area (Å²) >= 11 is 0. The van der Waals surface area contributed by atoms with Crippen molar-refractivity contribution in [1.29, 1.82) is 0 Å². The number of halogens is 2. The first-order valence-electron chi connectivity index (χ1n) is 4.15. The number of hydrogen-bond acceptors (Lipinski definition) is 3. The van der Waals surface area contributed by atoms with Crippen LogP contribution in [0.3, 0.4) is 0 Å². The molecule has 7 heteroatoms. The second-order valence-electron chi connectivity index (χ2n) is 3.06. The van der Waals surface area contributed by atoms with Crippen LogP contribution in [0.2, 0.25) is 0 Å². The number of nitrogens with one attached hydrogen (secondary N) is 2. The van der Waals surface area contributed by atoms with Gasteiger partial charge in [-0.05, 0) is 12.1 Å². The molecule has 0 atom stereocenters. The molecule has 84 valence electrons. The topological polar surface area (TPSA) is 74.4 Å². The Bertz CT molecular complexity index is 620. The quantitative estimate of drug-likeness (QED) is 0.644. The molecule has 0 unspecified atom stereocenters. The lowest BCUT2D eigenvalue weighted by Crippen LogP contribution is -1.99. The summed E-state index contributed by atoms with van der Waals surface area (Å²) in [6.07, 6.45) is 3.20. The highest BCUT2D eigenvalue weighted by Gasteiger charge is 2.00. The van der Waals surface area contributed by atoms with E-state index in [1.807, 2.05) is 12.1 Å². The molecule has 0 aliphatic heterocycles. The van der Waals surface area contributed by atoms with Crippen LogP contribution in [0.1, 0.15) is 0 Å². The van der Waals surface area contributed by atoms with Crippen LogP contribution in [0.4, 0.5) is 0 Å². The molecule has 2 heterocycles. The lowest BCUT2D eigenvalue weighted by Gasteiger charge is -1.94. The highest BCUT2D eigenvalue weighted by atomic mass is 35.5. The molecular formula is C9H8Cl2N4O. The van der Waals surface area contributed by atoms with Gasteiger partial charge in [-0.3, -0.25) is 0 Å². The van der Waals surface area contributed by atoms with Gasteiger partial charge >= 0.3 is 5.69 Å². The van der Waals surface area contributed by atoms with Crippen LogP contribution in [-0.4, -0.2) is 19.9 Å². The Kier molecular flexibility index (Phi) is 3.51. The Hall–Kier alpha value is -1.59. The molecule has 0 fully saturated rings. The van der Waals surface area contributed by atoms with Gasteiger partial charge in [0, 0.05) is 11.6 Å². The average molecular weight is 259 g/mol. The summed E-state index contributed by atoms with van der Waals surface area (Å²) in [4.78, 5) is 24.4. The summed E-state index contributed by atoms with van der Waals surface area (Å²) in [5.41, 5.74) is 2.16.